The largest absolute Gasteiger partial charge is 0.464 e. The number of hydrogen-bond donors (Lipinski definition) is 2. The SMILES string of the molecule is CCOC(=O)[C@@](C)(O)CNC(=O)c1ccccc1Cc1ccccc1. The first-order chi connectivity index (χ1) is 11.9. The summed E-state index contributed by atoms with van der Waals surface area (Å²) >= 11 is 0. The van der Waals surface area contributed by atoms with Gasteiger partial charge in [-0.05, 0) is 37.5 Å². The molecule has 0 spiro atoms. The Kier molecular flexibility index (Phi) is 6.31. The molecule has 1 amide bonds. The molecule has 0 aromatic heterocycles. The number of aliphatic hydroxyl groups is 1. The van der Waals surface area contributed by atoms with Crippen molar-refractivity contribution in [3.05, 3.63) is 71.3 Å². The van der Waals surface area contributed by atoms with Crippen molar-refractivity contribution in [3.63, 3.8) is 0 Å². The van der Waals surface area contributed by atoms with Crippen molar-refractivity contribution in [2.75, 3.05) is 13.2 Å². The van der Waals surface area contributed by atoms with Crippen molar-refractivity contribution < 1.29 is 19.4 Å². The summed E-state index contributed by atoms with van der Waals surface area (Å²) in [6.07, 6.45) is 0.624. The highest BCUT2D eigenvalue weighted by atomic mass is 16.5. The van der Waals surface area contributed by atoms with Gasteiger partial charge in [0.25, 0.3) is 5.91 Å². The smallest absolute Gasteiger partial charge is 0.339 e. The minimum absolute atomic E-state index is 0.169. The molecule has 1 atom stereocenters. The zero-order valence-electron chi connectivity index (χ0n) is 14.5. The van der Waals surface area contributed by atoms with E-state index in [1.807, 2.05) is 42.5 Å². The van der Waals surface area contributed by atoms with Gasteiger partial charge in [-0.1, -0.05) is 48.5 Å². The predicted molar refractivity (Wildman–Crippen MR) is 95.3 cm³/mol. The van der Waals surface area contributed by atoms with Gasteiger partial charge in [-0.3, -0.25) is 4.79 Å². The zero-order chi connectivity index (χ0) is 18.3. The lowest BCUT2D eigenvalue weighted by Gasteiger charge is -2.21. The summed E-state index contributed by atoms with van der Waals surface area (Å²) < 4.78 is 4.81. The average molecular weight is 341 g/mol. The van der Waals surface area contributed by atoms with Gasteiger partial charge in [0, 0.05) is 5.56 Å². The summed E-state index contributed by atoms with van der Waals surface area (Å²) in [5.41, 5.74) is 0.731. The second kappa shape index (κ2) is 8.44. The maximum Gasteiger partial charge on any atom is 0.339 e. The van der Waals surface area contributed by atoms with Crippen LogP contribution in [-0.4, -0.2) is 35.7 Å². The molecule has 2 aromatic carbocycles. The van der Waals surface area contributed by atoms with Gasteiger partial charge in [0.05, 0.1) is 13.2 Å². The molecule has 5 nitrogen and oxygen atoms in total. The van der Waals surface area contributed by atoms with E-state index >= 15 is 0 Å². The molecular weight excluding hydrogens is 318 g/mol. The van der Waals surface area contributed by atoms with Crippen LogP contribution >= 0.6 is 0 Å². The van der Waals surface area contributed by atoms with Gasteiger partial charge >= 0.3 is 5.97 Å². The fourth-order valence-corrected chi connectivity index (χ4v) is 2.42. The molecule has 0 heterocycles. The summed E-state index contributed by atoms with van der Waals surface area (Å²) in [5, 5.41) is 12.7. The Morgan fingerprint density at radius 2 is 1.72 bits per heavy atom. The molecule has 0 radical (unpaired) electrons. The van der Waals surface area contributed by atoms with Crippen LogP contribution in [0.15, 0.2) is 54.6 Å². The molecule has 0 fully saturated rings. The molecule has 2 N–H and O–H groups in total. The Morgan fingerprint density at radius 1 is 1.08 bits per heavy atom. The second-order valence-electron chi connectivity index (χ2n) is 6.00. The first-order valence-corrected chi connectivity index (χ1v) is 8.23. The number of benzene rings is 2. The summed E-state index contributed by atoms with van der Waals surface area (Å²) in [5.74, 6) is -1.09. The summed E-state index contributed by atoms with van der Waals surface area (Å²) in [6.45, 7) is 2.93. The predicted octanol–water partition coefficient (Wildman–Crippen LogP) is 2.32. The number of carbonyl (C=O) groups excluding carboxylic acids is 2. The molecular formula is C20H23NO4. The lowest BCUT2D eigenvalue weighted by molar-refractivity contribution is -0.162. The summed E-state index contributed by atoms with van der Waals surface area (Å²) in [6, 6.07) is 17.1. The van der Waals surface area contributed by atoms with Crippen molar-refractivity contribution in [2.24, 2.45) is 0 Å². The van der Waals surface area contributed by atoms with Crippen LogP contribution in [0.1, 0.15) is 35.3 Å². The highest BCUT2D eigenvalue weighted by Gasteiger charge is 2.32. The van der Waals surface area contributed by atoms with Crippen LogP contribution in [0.4, 0.5) is 0 Å². The van der Waals surface area contributed by atoms with Gasteiger partial charge in [0.1, 0.15) is 0 Å². The standard InChI is InChI=1S/C20H23NO4/c1-3-25-19(23)20(2,24)14-21-18(22)17-12-8-7-11-16(17)13-15-9-5-4-6-10-15/h4-12,24H,3,13-14H2,1-2H3,(H,21,22)/t20-/m0/s1. The van der Waals surface area contributed by atoms with E-state index in [0.29, 0.717) is 12.0 Å². The monoisotopic (exact) mass is 341 g/mol. The van der Waals surface area contributed by atoms with Gasteiger partial charge in [-0.15, -0.1) is 0 Å². The molecule has 0 unspecified atom stereocenters. The van der Waals surface area contributed by atoms with Crippen molar-refractivity contribution in [1.82, 2.24) is 5.32 Å². The van der Waals surface area contributed by atoms with E-state index in [2.05, 4.69) is 5.32 Å². The Balaban J connectivity index is 2.08. The number of amides is 1. The van der Waals surface area contributed by atoms with E-state index in [0.717, 1.165) is 11.1 Å². The van der Waals surface area contributed by atoms with Gasteiger partial charge in [-0.2, -0.15) is 0 Å². The van der Waals surface area contributed by atoms with Crippen molar-refractivity contribution in [2.45, 2.75) is 25.9 Å². The van der Waals surface area contributed by atoms with Crippen molar-refractivity contribution in [3.8, 4) is 0 Å². The van der Waals surface area contributed by atoms with E-state index in [-0.39, 0.29) is 19.1 Å². The zero-order valence-corrected chi connectivity index (χ0v) is 14.5. The molecule has 2 rings (SSSR count). The molecule has 0 saturated heterocycles. The third kappa shape index (κ3) is 5.16. The van der Waals surface area contributed by atoms with Crippen LogP contribution in [-0.2, 0) is 16.0 Å². The number of nitrogens with one attached hydrogen (secondary N) is 1. The van der Waals surface area contributed by atoms with Crippen LogP contribution in [0.25, 0.3) is 0 Å². The number of hydrogen-bond acceptors (Lipinski definition) is 4. The van der Waals surface area contributed by atoms with Gasteiger partial charge in [-0.25, -0.2) is 4.79 Å². The van der Waals surface area contributed by atoms with Crippen LogP contribution in [0.5, 0.6) is 0 Å². The summed E-state index contributed by atoms with van der Waals surface area (Å²) in [4.78, 5) is 24.2. The Bertz CT molecular complexity index is 725. The first kappa shape index (κ1) is 18.7. The molecule has 132 valence electrons. The van der Waals surface area contributed by atoms with E-state index in [9.17, 15) is 14.7 Å². The first-order valence-electron chi connectivity index (χ1n) is 8.23. The molecule has 0 bridgehead atoms. The van der Waals surface area contributed by atoms with Crippen LogP contribution in [0, 0.1) is 0 Å². The maximum absolute atomic E-state index is 12.5. The third-order valence-electron chi connectivity index (χ3n) is 3.81. The average Bonchev–Trinajstić information content (AvgIpc) is 2.61. The summed E-state index contributed by atoms with van der Waals surface area (Å²) in [7, 11) is 0. The van der Waals surface area contributed by atoms with Crippen LogP contribution in [0.2, 0.25) is 0 Å². The maximum atomic E-state index is 12.5. The van der Waals surface area contributed by atoms with Crippen molar-refractivity contribution >= 4 is 11.9 Å². The molecule has 0 aliphatic rings. The Morgan fingerprint density at radius 3 is 2.40 bits per heavy atom. The van der Waals surface area contributed by atoms with Gasteiger partial charge in [0.15, 0.2) is 5.60 Å². The second-order valence-corrected chi connectivity index (χ2v) is 6.00. The highest BCUT2D eigenvalue weighted by Crippen LogP contribution is 2.15. The quantitative estimate of drug-likeness (QED) is 0.758. The number of rotatable bonds is 7. The van der Waals surface area contributed by atoms with E-state index in [4.69, 9.17) is 4.74 Å². The fraction of sp³-hybridized carbons (Fsp3) is 0.300. The fourth-order valence-electron chi connectivity index (χ4n) is 2.42. The minimum Gasteiger partial charge on any atom is -0.464 e. The molecule has 0 aliphatic carbocycles. The highest BCUT2D eigenvalue weighted by molar-refractivity contribution is 5.96. The van der Waals surface area contributed by atoms with E-state index in [1.54, 1.807) is 19.1 Å². The van der Waals surface area contributed by atoms with Gasteiger partial charge in [0.2, 0.25) is 0 Å². The molecule has 0 aliphatic heterocycles. The molecule has 2 aromatic rings. The topological polar surface area (TPSA) is 75.6 Å². The van der Waals surface area contributed by atoms with Crippen molar-refractivity contribution in [1.29, 1.82) is 0 Å². The number of esters is 1. The molecule has 25 heavy (non-hydrogen) atoms. The lowest BCUT2D eigenvalue weighted by Crippen LogP contribution is -2.47. The minimum atomic E-state index is -1.76. The Labute approximate surface area is 147 Å². The van der Waals surface area contributed by atoms with E-state index < -0.39 is 11.6 Å². The lowest BCUT2D eigenvalue weighted by atomic mass is 9.99. The van der Waals surface area contributed by atoms with Gasteiger partial charge < -0.3 is 15.2 Å². The van der Waals surface area contributed by atoms with Crippen LogP contribution in [0.3, 0.4) is 0 Å². The number of carbonyl (C=O) groups is 2. The Hall–Kier alpha value is -2.66. The third-order valence-corrected chi connectivity index (χ3v) is 3.81. The van der Waals surface area contributed by atoms with E-state index in [1.165, 1.54) is 6.92 Å². The molecule has 0 saturated carbocycles. The molecule has 5 heteroatoms. The number of ether oxygens (including phenoxy) is 1. The van der Waals surface area contributed by atoms with Crippen LogP contribution < -0.4 is 5.32 Å². The normalized spacial score (nSPS) is 12.9.